The molecule has 0 N–H and O–H groups in total. The Morgan fingerprint density at radius 1 is 1.25 bits per heavy atom. The van der Waals surface area contributed by atoms with Crippen LogP contribution in [0.25, 0.3) is 0 Å². The Kier molecular flexibility index (Phi) is 4.17. The molecular weight excluding hydrogens is 381 g/mol. The van der Waals surface area contributed by atoms with Gasteiger partial charge in [-0.25, -0.2) is 4.98 Å². The van der Waals surface area contributed by atoms with Crippen LogP contribution in [0.1, 0.15) is 5.56 Å². The Morgan fingerprint density at radius 2 is 2.00 bits per heavy atom. The highest BCUT2D eigenvalue weighted by Gasteiger charge is 2.03. The average Bonchev–Trinajstić information content (AvgIpc) is 2.32. The Balaban J connectivity index is 2.08. The maximum Gasteiger partial charge on any atom is 0.152 e. The normalized spacial score (nSPS) is 10.1. The van der Waals surface area contributed by atoms with Gasteiger partial charge in [-0.2, -0.15) is 0 Å². The molecule has 2 aromatic rings. The van der Waals surface area contributed by atoms with Gasteiger partial charge in [-0.05, 0) is 50.2 Å². The van der Waals surface area contributed by atoms with Crippen LogP contribution in [0.5, 0.6) is 5.75 Å². The van der Waals surface area contributed by atoms with Crippen molar-refractivity contribution in [3.05, 3.63) is 56.3 Å². The molecule has 0 atom stereocenters. The van der Waals surface area contributed by atoms with Crippen LogP contribution in [0.15, 0.2) is 47.1 Å². The number of nitrogens with zero attached hydrogens (tertiary/aromatic N) is 1. The first-order valence-electron chi connectivity index (χ1n) is 4.73. The molecule has 0 aliphatic carbocycles. The first-order valence-corrected chi connectivity index (χ1v) is 6.60. The molecule has 82 valence electrons. The minimum atomic E-state index is 0.564. The standard InChI is InChI=1S/C12H9BrINO/c13-10-6-11(12(14)15-7-10)16-8-9-4-2-1-3-5-9/h1-7H,8H2. The first-order chi connectivity index (χ1) is 7.75. The Labute approximate surface area is 116 Å². The SMILES string of the molecule is Brc1cnc(I)c(OCc2ccccc2)c1. The Bertz CT molecular complexity index is 476. The van der Waals surface area contributed by atoms with E-state index >= 15 is 0 Å². The summed E-state index contributed by atoms with van der Waals surface area (Å²) in [4.78, 5) is 4.21. The zero-order valence-corrected chi connectivity index (χ0v) is 12.1. The van der Waals surface area contributed by atoms with Gasteiger partial charge in [0.2, 0.25) is 0 Å². The molecule has 16 heavy (non-hydrogen) atoms. The van der Waals surface area contributed by atoms with Crippen molar-refractivity contribution in [3.8, 4) is 5.75 Å². The largest absolute Gasteiger partial charge is 0.486 e. The maximum absolute atomic E-state index is 5.70. The van der Waals surface area contributed by atoms with E-state index in [9.17, 15) is 0 Å². The molecule has 0 amide bonds. The van der Waals surface area contributed by atoms with Crippen molar-refractivity contribution in [1.82, 2.24) is 4.98 Å². The number of rotatable bonds is 3. The molecule has 0 bridgehead atoms. The third-order valence-electron chi connectivity index (χ3n) is 2.01. The number of aromatic nitrogens is 1. The van der Waals surface area contributed by atoms with Crippen LogP contribution >= 0.6 is 38.5 Å². The van der Waals surface area contributed by atoms with E-state index in [0.717, 1.165) is 19.5 Å². The van der Waals surface area contributed by atoms with Crippen LogP contribution in [0.2, 0.25) is 0 Å². The lowest BCUT2D eigenvalue weighted by Gasteiger charge is -2.07. The summed E-state index contributed by atoms with van der Waals surface area (Å²) in [5, 5.41) is 0. The van der Waals surface area contributed by atoms with Gasteiger partial charge in [-0.3, -0.25) is 0 Å². The molecule has 0 spiro atoms. The predicted molar refractivity (Wildman–Crippen MR) is 75.4 cm³/mol. The highest BCUT2D eigenvalue weighted by molar-refractivity contribution is 14.1. The minimum absolute atomic E-state index is 0.564. The molecule has 0 unspecified atom stereocenters. The number of pyridine rings is 1. The predicted octanol–water partition coefficient (Wildman–Crippen LogP) is 4.03. The molecule has 2 rings (SSSR count). The van der Waals surface area contributed by atoms with Gasteiger partial charge in [0.25, 0.3) is 0 Å². The van der Waals surface area contributed by atoms with E-state index < -0.39 is 0 Å². The van der Waals surface area contributed by atoms with Crippen LogP contribution in [0, 0.1) is 3.70 Å². The number of hydrogen-bond acceptors (Lipinski definition) is 2. The number of halogens is 2. The zero-order valence-electron chi connectivity index (χ0n) is 8.36. The number of hydrogen-bond donors (Lipinski definition) is 0. The van der Waals surface area contributed by atoms with Crippen molar-refractivity contribution in [1.29, 1.82) is 0 Å². The third-order valence-corrected chi connectivity index (χ3v) is 3.25. The van der Waals surface area contributed by atoms with Gasteiger partial charge < -0.3 is 4.74 Å². The summed E-state index contributed by atoms with van der Waals surface area (Å²) in [7, 11) is 0. The van der Waals surface area contributed by atoms with Crippen molar-refractivity contribution in [2.75, 3.05) is 0 Å². The van der Waals surface area contributed by atoms with Gasteiger partial charge in [0.15, 0.2) is 5.75 Å². The second-order valence-electron chi connectivity index (χ2n) is 3.22. The van der Waals surface area contributed by atoms with Crippen molar-refractivity contribution < 1.29 is 4.74 Å². The fourth-order valence-electron chi connectivity index (χ4n) is 1.24. The van der Waals surface area contributed by atoms with E-state index in [2.05, 4.69) is 43.5 Å². The lowest BCUT2D eigenvalue weighted by atomic mass is 10.2. The third kappa shape index (κ3) is 3.18. The lowest BCUT2D eigenvalue weighted by Crippen LogP contribution is -1.97. The van der Waals surface area contributed by atoms with E-state index in [1.54, 1.807) is 6.20 Å². The lowest BCUT2D eigenvalue weighted by molar-refractivity contribution is 0.302. The molecule has 0 saturated heterocycles. The van der Waals surface area contributed by atoms with Gasteiger partial charge >= 0.3 is 0 Å². The van der Waals surface area contributed by atoms with Crippen LogP contribution < -0.4 is 4.74 Å². The van der Waals surface area contributed by atoms with Gasteiger partial charge in [0.1, 0.15) is 10.3 Å². The highest BCUT2D eigenvalue weighted by Crippen LogP contribution is 2.23. The van der Waals surface area contributed by atoms with Crippen LogP contribution in [0.4, 0.5) is 0 Å². The highest BCUT2D eigenvalue weighted by atomic mass is 127. The topological polar surface area (TPSA) is 22.1 Å². The molecule has 0 aliphatic rings. The zero-order chi connectivity index (χ0) is 11.4. The van der Waals surface area contributed by atoms with E-state index in [4.69, 9.17) is 4.74 Å². The molecule has 1 aromatic carbocycles. The van der Waals surface area contributed by atoms with Crippen molar-refractivity contribution in [3.63, 3.8) is 0 Å². The molecule has 0 saturated carbocycles. The average molecular weight is 390 g/mol. The van der Waals surface area contributed by atoms with Crippen molar-refractivity contribution >= 4 is 38.5 Å². The minimum Gasteiger partial charge on any atom is -0.486 e. The van der Waals surface area contributed by atoms with Crippen LogP contribution in [-0.2, 0) is 6.61 Å². The van der Waals surface area contributed by atoms with Gasteiger partial charge in [-0.15, -0.1) is 0 Å². The van der Waals surface area contributed by atoms with E-state index in [-0.39, 0.29) is 0 Å². The van der Waals surface area contributed by atoms with Crippen molar-refractivity contribution in [2.24, 2.45) is 0 Å². The molecule has 0 fully saturated rings. The summed E-state index contributed by atoms with van der Waals surface area (Å²) >= 11 is 5.54. The molecule has 4 heteroatoms. The quantitative estimate of drug-likeness (QED) is 0.584. The smallest absolute Gasteiger partial charge is 0.152 e. The fourth-order valence-corrected chi connectivity index (χ4v) is 2.00. The summed E-state index contributed by atoms with van der Waals surface area (Å²) in [6.45, 7) is 0.564. The van der Waals surface area contributed by atoms with Gasteiger partial charge in [0, 0.05) is 10.7 Å². The summed E-state index contributed by atoms with van der Waals surface area (Å²) in [5.74, 6) is 0.804. The van der Waals surface area contributed by atoms with Gasteiger partial charge in [-0.1, -0.05) is 30.3 Å². The number of ether oxygens (including phenoxy) is 1. The summed E-state index contributed by atoms with van der Waals surface area (Å²) in [6.07, 6.45) is 1.76. The second kappa shape index (κ2) is 5.63. The van der Waals surface area contributed by atoms with Crippen molar-refractivity contribution in [2.45, 2.75) is 6.61 Å². The van der Waals surface area contributed by atoms with E-state index in [1.807, 2.05) is 36.4 Å². The molecule has 0 aliphatic heterocycles. The molecule has 1 heterocycles. The van der Waals surface area contributed by atoms with E-state index in [1.165, 1.54) is 0 Å². The molecule has 1 aromatic heterocycles. The van der Waals surface area contributed by atoms with Gasteiger partial charge in [0.05, 0.1) is 0 Å². The Hall–Kier alpha value is -0.620. The summed E-state index contributed by atoms with van der Waals surface area (Å²) in [5.41, 5.74) is 1.15. The molecule has 0 radical (unpaired) electrons. The summed E-state index contributed by atoms with van der Waals surface area (Å²) in [6, 6.07) is 12.0. The first kappa shape index (κ1) is 11.9. The van der Waals surface area contributed by atoms with Crippen LogP contribution in [0.3, 0.4) is 0 Å². The fraction of sp³-hybridized carbons (Fsp3) is 0.0833. The molecular formula is C12H9BrINO. The monoisotopic (exact) mass is 389 g/mol. The van der Waals surface area contributed by atoms with E-state index in [0.29, 0.717) is 6.61 Å². The molecule has 2 nitrogen and oxygen atoms in total. The summed E-state index contributed by atoms with van der Waals surface area (Å²) < 4.78 is 7.50. The second-order valence-corrected chi connectivity index (χ2v) is 5.15. The number of benzene rings is 1. The maximum atomic E-state index is 5.70. The van der Waals surface area contributed by atoms with Crippen LogP contribution in [-0.4, -0.2) is 4.98 Å². The Morgan fingerprint density at radius 3 is 2.75 bits per heavy atom.